The Morgan fingerprint density at radius 1 is 1.19 bits per heavy atom. The van der Waals surface area contributed by atoms with Gasteiger partial charge in [0.15, 0.2) is 0 Å². The van der Waals surface area contributed by atoms with Gasteiger partial charge in [-0.3, -0.25) is 0 Å². The molecule has 3 rings (SSSR count). The minimum absolute atomic E-state index is 0.203. The summed E-state index contributed by atoms with van der Waals surface area (Å²) in [6.07, 6.45) is 1.78. The molecule has 0 radical (unpaired) electrons. The highest BCUT2D eigenvalue weighted by Crippen LogP contribution is 2.18. The largest absolute Gasteiger partial charge is 0.497 e. The van der Waals surface area contributed by atoms with Crippen molar-refractivity contribution in [3.8, 4) is 5.75 Å². The smallest absolute Gasteiger partial charge is 0.240 e. The predicted molar refractivity (Wildman–Crippen MR) is 124 cm³/mol. The maximum absolute atomic E-state index is 13.4. The third-order valence-corrected chi connectivity index (χ3v) is 7.25. The molecular formula is C22H27FN4O3S2. The van der Waals surface area contributed by atoms with E-state index in [1.54, 1.807) is 31.2 Å². The van der Waals surface area contributed by atoms with Crippen LogP contribution in [0.15, 0.2) is 47.4 Å². The van der Waals surface area contributed by atoms with E-state index in [0.29, 0.717) is 48.1 Å². The van der Waals surface area contributed by atoms with Crippen molar-refractivity contribution in [2.45, 2.75) is 44.0 Å². The number of aromatic nitrogens is 2. The second-order valence-corrected chi connectivity index (χ2v) is 9.86. The van der Waals surface area contributed by atoms with Gasteiger partial charge in [-0.25, -0.2) is 22.5 Å². The molecule has 2 aromatic carbocycles. The number of hydrogen-bond acceptors (Lipinski definition) is 7. The van der Waals surface area contributed by atoms with Crippen LogP contribution >= 0.6 is 11.5 Å². The Kier molecular flexibility index (Phi) is 8.16. The summed E-state index contributed by atoms with van der Waals surface area (Å²) in [6, 6.07) is 11.1. The topological polar surface area (TPSA) is 93.2 Å². The first-order valence-electron chi connectivity index (χ1n) is 10.3. The van der Waals surface area contributed by atoms with E-state index < -0.39 is 10.0 Å². The van der Waals surface area contributed by atoms with Crippen molar-refractivity contribution >= 4 is 26.7 Å². The number of methoxy groups -OCH3 is 1. The highest BCUT2D eigenvalue weighted by molar-refractivity contribution is 7.89. The lowest BCUT2D eigenvalue weighted by Crippen LogP contribution is -2.35. The predicted octanol–water partition coefficient (Wildman–Crippen LogP) is 4.14. The van der Waals surface area contributed by atoms with Crippen LogP contribution in [0, 0.1) is 12.7 Å². The Hall–Kier alpha value is -2.56. The Balaban J connectivity index is 1.51. The maximum atomic E-state index is 13.4. The molecule has 1 heterocycles. The van der Waals surface area contributed by atoms with E-state index in [2.05, 4.69) is 19.4 Å². The van der Waals surface area contributed by atoms with Gasteiger partial charge >= 0.3 is 0 Å². The first-order valence-corrected chi connectivity index (χ1v) is 12.5. The minimum Gasteiger partial charge on any atom is -0.497 e. The van der Waals surface area contributed by atoms with Crippen LogP contribution in [-0.2, 0) is 16.4 Å². The highest BCUT2D eigenvalue weighted by Gasteiger charge is 2.19. The summed E-state index contributed by atoms with van der Waals surface area (Å²) in [5, 5.41) is 3.88. The fraction of sp³-hybridized carbons (Fsp3) is 0.364. The van der Waals surface area contributed by atoms with Crippen LogP contribution in [0.4, 0.5) is 9.52 Å². The second kappa shape index (κ2) is 10.8. The zero-order valence-electron chi connectivity index (χ0n) is 18.3. The SMILES string of the molecule is CCC(CCNc1nc(Cc2ccc(F)c(C)c2)ns1)NS(=O)(=O)c1ccc(OC)cc1. The summed E-state index contributed by atoms with van der Waals surface area (Å²) in [6.45, 7) is 4.22. The normalized spacial score (nSPS) is 12.5. The Morgan fingerprint density at radius 2 is 1.94 bits per heavy atom. The van der Waals surface area contributed by atoms with E-state index >= 15 is 0 Å². The molecular weight excluding hydrogens is 451 g/mol. The summed E-state index contributed by atoms with van der Waals surface area (Å²) < 4.78 is 50.9. The molecule has 0 aliphatic heterocycles. The van der Waals surface area contributed by atoms with Crippen molar-refractivity contribution in [1.29, 1.82) is 0 Å². The lowest BCUT2D eigenvalue weighted by Gasteiger charge is -2.17. The van der Waals surface area contributed by atoms with Crippen LogP contribution in [-0.4, -0.2) is 37.5 Å². The Morgan fingerprint density at radius 3 is 2.59 bits per heavy atom. The van der Waals surface area contributed by atoms with Crippen LogP contribution in [0.1, 0.15) is 36.7 Å². The molecule has 1 unspecified atom stereocenters. The Labute approximate surface area is 192 Å². The molecule has 0 spiro atoms. The van der Waals surface area contributed by atoms with Crippen molar-refractivity contribution < 1.29 is 17.5 Å². The van der Waals surface area contributed by atoms with Crippen molar-refractivity contribution in [3.05, 3.63) is 65.2 Å². The highest BCUT2D eigenvalue weighted by atomic mass is 32.2. The van der Waals surface area contributed by atoms with Gasteiger partial charge in [0.25, 0.3) is 0 Å². The van der Waals surface area contributed by atoms with Crippen LogP contribution in [0.25, 0.3) is 0 Å². The molecule has 172 valence electrons. The van der Waals surface area contributed by atoms with Gasteiger partial charge in [0, 0.05) is 30.5 Å². The van der Waals surface area contributed by atoms with Crippen LogP contribution in [0.2, 0.25) is 0 Å². The number of hydrogen-bond donors (Lipinski definition) is 2. The molecule has 0 fully saturated rings. The molecule has 10 heteroatoms. The van der Waals surface area contributed by atoms with E-state index in [1.165, 1.54) is 36.8 Å². The molecule has 0 aliphatic carbocycles. The van der Waals surface area contributed by atoms with Gasteiger partial charge < -0.3 is 10.1 Å². The molecule has 2 N–H and O–H groups in total. The third kappa shape index (κ3) is 6.47. The van der Waals surface area contributed by atoms with Gasteiger partial charge in [-0.15, -0.1) is 0 Å². The molecule has 0 bridgehead atoms. The molecule has 0 saturated heterocycles. The number of aryl methyl sites for hydroxylation is 1. The van der Waals surface area contributed by atoms with Crippen molar-refractivity contribution in [1.82, 2.24) is 14.1 Å². The van der Waals surface area contributed by atoms with Crippen molar-refractivity contribution in [2.24, 2.45) is 0 Å². The average Bonchev–Trinajstić information content (AvgIpc) is 3.22. The third-order valence-electron chi connectivity index (χ3n) is 5.01. The van der Waals surface area contributed by atoms with Crippen molar-refractivity contribution in [3.63, 3.8) is 0 Å². The van der Waals surface area contributed by atoms with Crippen molar-refractivity contribution in [2.75, 3.05) is 19.0 Å². The summed E-state index contributed by atoms with van der Waals surface area (Å²) in [7, 11) is -2.08. The summed E-state index contributed by atoms with van der Waals surface area (Å²) in [5.74, 6) is 1.04. The van der Waals surface area contributed by atoms with E-state index in [4.69, 9.17) is 4.74 Å². The number of ether oxygens (including phenoxy) is 1. The van der Waals surface area contributed by atoms with Gasteiger partial charge in [0.05, 0.1) is 12.0 Å². The summed E-state index contributed by atoms with van der Waals surface area (Å²) >= 11 is 1.25. The molecule has 0 amide bonds. The van der Waals surface area contributed by atoms with E-state index in [1.807, 2.05) is 6.92 Å². The van der Waals surface area contributed by atoms with Gasteiger partial charge in [-0.2, -0.15) is 4.37 Å². The van der Waals surface area contributed by atoms with E-state index in [0.717, 1.165) is 5.56 Å². The summed E-state index contributed by atoms with van der Waals surface area (Å²) in [4.78, 5) is 4.67. The quantitative estimate of drug-likeness (QED) is 0.430. The molecule has 1 aromatic heterocycles. The van der Waals surface area contributed by atoms with Gasteiger partial charge in [0.1, 0.15) is 17.4 Å². The first kappa shape index (κ1) is 24.1. The van der Waals surface area contributed by atoms with Gasteiger partial charge in [-0.05, 0) is 61.2 Å². The number of halogens is 1. The molecule has 32 heavy (non-hydrogen) atoms. The molecule has 1 atom stereocenters. The van der Waals surface area contributed by atoms with Gasteiger partial charge in [0.2, 0.25) is 15.2 Å². The second-order valence-electron chi connectivity index (χ2n) is 7.39. The lowest BCUT2D eigenvalue weighted by atomic mass is 10.1. The number of nitrogens with zero attached hydrogens (tertiary/aromatic N) is 2. The van der Waals surface area contributed by atoms with E-state index in [9.17, 15) is 12.8 Å². The fourth-order valence-electron chi connectivity index (χ4n) is 3.14. The minimum atomic E-state index is -3.61. The molecule has 7 nitrogen and oxygen atoms in total. The zero-order valence-corrected chi connectivity index (χ0v) is 19.9. The maximum Gasteiger partial charge on any atom is 0.240 e. The zero-order chi connectivity index (χ0) is 23.1. The molecule has 3 aromatic rings. The number of sulfonamides is 1. The standard InChI is InChI=1S/C22H27FN4O3S2/c1-4-17(27-32(28,29)19-8-6-18(30-3)7-9-19)11-12-24-22-25-21(26-31-22)14-16-5-10-20(23)15(2)13-16/h5-10,13,17,27H,4,11-12,14H2,1-3H3,(H,24,25,26). The van der Waals surface area contributed by atoms with Crippen LogP contribution in [0.5, 0.6) is 5.75 Å². The molecule has 0 saturated carbocycles. The Bertz CT molecular complexity index is 1130. The number of nitrogens with one attached hydrogen (secondary N) is 2. The average molecular weight is 479 g/mol. The first-order chi connectivity index (χ1) is 15.3. The van der Waals surface area contributed by atoms with Gasteiger partial charge in [-0.1, -0.05) is 19.1 Å². The van der Waals surface area contributed by atoms with Crippen LogP contribution < -0.4 is 14.8 Å². The fourth-order valence-corrected chi connectivity index (χ4v) is 5.10. The number of benzene rings is 2. The van der Waals surface area contributed by atoms with Crippen LogP contribution in [0.3, 0.4) is 0 Å². The number of rotatable bonds is 11. The monoisotopic (exact) mass is 478 g/mol. The lowest BCUT2D eigenvalue weighted by molar-refractivity contribution is 0.414. The number of anilines is 1. The van der Waals surface area contributed by atoms with E-state index in [-0.39, 0.29) is 16.8 Å². The summed E-state index contributed by atoms with van der Waals surface area (Å²) in [5.41, 5.74) is 1.55. The molecule has 0 aliphatic rings.